The van der Waals surface area contributed by atoms with Crippen LogP contribution in [0.5, 0.6) is 0 Å². The van der Waals surface area contributed by atoms with Crippen molar-refractivity contribution in [2.24, 2.45) is 5.92 Å². The van der Waals surface area contributed by atoms with Gasteiger partial charge in [0.15, 0.2) is 0 Å². The number of nitrogens with one attached hydrogen (secondary N) is 2. The normalized spacial score (nSPS) is 16.0. The predicted octanol–water partition coefficient (Wildman–Crippen LogP) is 7.20. The van der Waals surface area contributed by atoms with Gasteiger partial charge in [0.25, 0.3) is 0 Å². The highest BCUT2D eigenvalue weighted by Crippen LogP contribution is 2.47. The smallest absolute Gasteiger partial charge is 0.475 e. The topological polar surface area (TPSA) is 104 Å². The first-order valence-corrected chi connectivity index (χ1v) is 14.0. The summed E-state index contributed by atoms with van der Waals surface area (Å²) in [4.78, 5) is 30.9. The Morgan fingerprint density at radius 2 is 1.55 bits per heavy atom. The molecule has 232 valence electrons. The SMILES string of the molecule is Cc1nc(-c2ccc(C(F)(F)F)cc2)sc1CNc1ccc([C@@H]2C[C@H]2C(=O)NCc2ccncc2)cc1.O=C(O)C(F)(F)F. The van der Waals surface area contributed by atoms with Crippen LogP contribution < -0.4 is 10.6 Å². The fraction of sp³-hybridized carbons (Fsp3) is 0.267. The minimum atomic E-state index is -5.08. The molecule has 7 nitrogen and oxygen atoms in total. The van der Waals surface area contributed by atoms with E-state index in [1.165, 1.54) is 23.5 Å². The molecular formula is C30H26F6N4O3S. The summed E-state index contributed by atoms with van der Waals surface area (Å²) >= 11 is 1.47. The zero-order valence-corrected chi connectivity index (χ0v) is 23.9. The molecule has 0 saturated heterocycles. The Morgan fingerprint density at radius 1 is 0.932 bits per heavy atom. The van der Waals surface area contributed by atoms with Crippen LogP contribution in [0.15, 0.2) is 73.1 Å². The van der Waals surface area contributed by atoms with E-state index in [2.05, 4.69) is 32.7 Å². The summed E-state index contributed by atoms with van der Waals surface area (Å²) < 4.78 is 70.2. The number of aryl methyl sites for hydroxylation is 1. The van der Waals surface area contributed by atoms with E-state index in [1.807, 2.05) is 31.2 Å². The number of thiazole rings is 1. The van der Waals surface area contributed by atoms with Gasteiger partial charge in [0, 0.05) is 41.0 Å². The Labute approximate surface area is 252 Å². The Morgan fingerprint density at radius 3 is 2.11 bits per heavy atom. The van der Waals surface area contributed by atoms with Crippen molar-refractivity contribution >= 4 is 28.9 Å². The molecule has 0 spiro atoms. The monoisotopic (exact) mass is 636 g/mol. The highest BCUT2D eigenvalue weighted by atomic mass is 32.1. The lowest BCUT2D eigenvalue weighted by Gasteiger charge is -2.08. The summed E-state index contributed by atoms with van der Waals surface area (Å²) in [5, 5.41) is 14.2. The maximum Gasteiger partial charge on any atom is 0.490 e. The predicted molar refractivity (Wildman–Crippen MR) is 152 cm³/mol. The third-order valence-electron chi connectivity index (χ3n) is 6.73. The number of pyridine rings is 1. The number of anilines is 1. The van der Waals surface area contributed by atoms with Gasteiger partial charge in [-0.05, 0) is 66.8 Å². The van der Waals surface area contributed by atoms with E-state index in [1.54, 1.807) is 12.4 Å². The number of nitrogens with zero attached hydrogens (tertiary/aromatic N) is 2. The maximum atomic E-state index is 12.8. The summed E-state index contributed by atoms with van der Waals surface area (Å²) in [6, 6.07) is 17.0. The van der Waals surface area contributed by atoms with Crippen LogP contribution in [0.3, 0.4) is 0 Å². The second-order valence-corrected chi connectivity index (χ2v) is 11.0. The van der Waals surface area contributed by atoms with Gasteiger partial charge < -0.3 is 15.7 Å². The molecule has 0 unspecified atom stereocenters. The lowest BCUT2D eigenvalue weighted by Crippen LogP contribution is -2.24. The molecule has 0 bridgehead atoms. The van der Waals surface area contributed by atoms with Crippen LogP contribution in [-0.2, 0) is 28.9 Å². The van der Waals surface area contributed by atoms with Crippen LogP contribution in [0.2, 0.25) is 0 Å². The number of hydrogen-bond donors (Lipinski definition) is 3. The minimum absolute atomic E-state index is 0.00380. The van der Waals surface area contributed by atoms with E-state index in [9.17, 15) is 31.1 Å². The zero-order valence-electron chi connectivity index (χ0n) is 23.0. The second kappa shape index (κ2) is 13.5. The number of benzene rings is 2. The van der Waals surface area contributed by atoms with E-state index in [-0.39, 0.29) is 17.7 Å². The number of carbonyl (C=O) groups is 2. The molecule has 2 atom stereocenters. The van der Waals surface area contributed by atoms with Crippen LogP contribution >= 0.6 is 11.3 Å². The number of carboxylic acids is 1. The first-order chi connectivity index (χ1) is 20.7. The Bertz CT molecular complexity index is 1570. The number of carboxylic acid groups (broad SMARTS) is 1. The van der Waals surface area contributed by atoms with Gasteiger partial charge in [-0.1, -0.05) is 24.3 Å². The Hall–Kier alpha value is -4.46. The molecular weight excluding hydrogens is 610 g/mol. The third kappa shape index (κ3) is 8.78. The van der Waals surface area contributed by atoms with E-state index >= 15 is 0 Å². The molecule has 2 aromatic carbocycles. The van der Waals surface area contributed by atoms with Gasteiger partial charge in [-0.15, -0.1) is 11.3 Å². The van der Waals surface area contributed by atoms with Gasteiger partial charge in [-0.2, -0.15) is 26.3 Å². The molecule has 1 saturated carbocycles. The van der Waals surface area contributed by atoms with E-state index < -0.39 is 23.9 Å². The number of rotatable bonds is 8. The van der Waals surface area contributed by atoms with Gasteiger partial charge >= 0.3 is 18.3 Å². The Kier molecular flexibility index (Phi) is 9.92. The summed E-state index contributed by atoms with van der Waals surface area (Å²) in [7, 11) is 0. The molecule has 0 radical (unpaired) electrons. The lowest BCUT2D eigenvalue weighted by molar-refractivity contribution is -0.192. The van der Waals surface area contributed by atoms with Crippen LogP contribution in [0.25, 0.3) is 10.6 Å². The molecule has 5 rings (SSSR count). The van der Waals surface area contributed by atoms with Crippen molar-refractivity contribution < 1.29 is 41.0 Å². The first-order valence-electron chi connectivity index (χ1n) is 13.2. The van der Waals surface area contributed by atoms with Crippen molar-refractivity contribution in [3.8, 4) is 10.6 Å². The molecule has 2 aromatic heterocycles. The highest BCUT2D eigenvalue weighted by molar-refractivity contribution is 7.15. The second-order valence-electron chi connectivity index (χ2n) is 9.90. The first kappa shape index (κ1) is 32.5. The third-order valence-corrected chi connectivity index (χ3v) is 7.94. The number of hydrogen-bond acceptors (Lipinski definition) is 6. The van der Waals surface area contributed by atoms with Crippen molar-refractivity contribution in [3.63, 3.8) is 0 Å². The van der Waals surface area contributed by atoms with Gasteiger partial charge in [0.05, 0.1) is 17.8 Å². The molecule has 44 heavy (non-hydrogen) atoms. The van der Waals surface area contributed by atoms with Crippen LogP contribution in [0.1, 0.15) is 39.6 Å². The maximum absolute atomic E-state index is 12.8. The largest absolute Gasteiger partial charge is 0.490 e. The quantitative estimate of drug-likeness (QED) is 0.177. The molecule has 1 aliphatic rings. The molecule has 0 aliphatic heterocycles. The van der Waals surface area contributed by atoms with Gasteiger partial charge in [0.1, 0.15) is 5.01 Å². The highest BCUT2D eigenvalue weighted by Gasteiger charge is 2.43. The summed E-state index contributed by atoms with van der Waals surface area (Å²) in [6.07, 6.45) is -5.16. The summed E-state index contributed by atoms with van der Waals surface area (Å²) in [5.74, 6) is -2.44. The van der Waals surface area contributed by atoms with Gasteiger partial charge in [-0.25, -0.2) is 9.78 Å². The van der Waals surface area contributed by atoms with Crippen molar-refractivity contribution in [2.45, 2.75) is 44.7 Å². The number of alkyl halides is 6. The van der Waals surface area contributed by atoms with Crippen LogP contribution in [0, 0.1) is 12.8 Å². The molecule has 2 heterocycles. The number of carbonyl (C=O) groups excluding carboxylic acids is 1. The minimum Gasteiger partial charge on any atom is -0.475 e. The van der Waals surface area contributed by atoms with Crippen LogP contribution in [-0.4, -0.2) is 33.1 Å². The number of amides is 1. The number of aliphatic carboxylic acids is 1. The van der Waals surface area contributed by atoms with Gasteiger partial charge in [-0.3, -0.25) is 9.78 Å². The van der Waals surface area contributed by atoms with E-state index in [0.29, 0.717) is 23.7 Å². The Balaban J connectivity index is 0.000000566. The van der Waals surface area contributed by atoms with Crippen molar-refractivity contribution in [3.05, 3.63) is 100 Å². The molecule has 4 aromatic rings. The standard InChI is InChI=1S/C28H25F3N4OS.C2HF3O2/c1-17-25(37-27(35-17)20-2-6-21(7-3-20)28(29,30)31)16-33-22-8-4-19(5-9-22)23-14-24(23)26(36)34-15-18-10-12-32-13-11-18;3-2(4,5)1(6)7/h2-13,23-24,33H,14-16H2,1H3,(H,34,36);(H,6,7)/t23-,24+;/m0./s1. The van der Waals surface area contributed by atoms with Crippen molar-refractivity contribution in [1.82, 2.24) is 15.3 Å². The van der Waals surface area contributed by atoms with Gasteiger partial charge in [0.2, 0.25) is 5.91 Å². The average Bonchev–Trinajstić information content (AvgIpc) is 3.70. The molecule has 3 N–H and O–H groups in total. The van der Waals surface area contributed by atoms with E-state index in [0.717, 1.165) is 45.9 Å². The fourth-order valence-electron chi connectivity index (χ4n) is 4.22. The van der Waals surface area contributed by atoms with Crippen molar-refractivity contribution in [1.29, 1.82) is 0 Å². The lowest BCUT2D eigenvalue weighted by atomic mass is 10.1. The summed E-state index contributed by atoms with van der Waals surface area (Å²) in [5.41, 5.74) is 3.97. The fourth-order valence-corrected chi connectivity index (χ4v) is 5.23. The van der Waals surface area contributed by atoms with E-state index in [4.69, 9.17) is 9.90 Å². The van der Waals surface area contributed by atoms with Crippen LogP contribution in [0.4, 0.5) is 32.0 Å². The molecule has 1 amide bonds. The molecule has 1 aliphatic carbocycles. The molecule has 1 fully saturated rings. The van der Waals surface area contributed by atoms with Crippen molar-refractivity contribution in [2.75, 3.05) is 5.32 Å². The zero-order chi connectivity index (χ0) is 32.1. The summed E-state index contributed by atoms with van der Waals surface area (Å²) in [6.45, 7) is 2.97. The number of aromatic nitrogens is 2. The number of halogens is 6. The average molecular weight is 637 g/mol. The molecule has 14 heteroatoms.